The molecule has 10 heteroatoms. The number of ether oxygens (including phenoxy) is 4. The molecule has 8 nitrogen and oxygen atoms in total. The van der Waals surface area contributed by atoms with Crippen LogP contribution in [0.15, 0.2) is 88.3 Å². The first-order valence-electron chi connectivity index (χ1n) is 13.4. The van der Waals surface area contributed by atoms with Crippen LogP contribution in [-0.4, -0.2) is 30.9 Å². The summed E-state index contributed by atoms with van der Waals surface area (Å²) in [6.07, 6.45) is 3.21. The van der Waals surface area contributed by atoms with Crippen molar-refractivity contribution in [3.63, 3.8) is 0 Å². The minimum Gasteiger partial charge on any atom is -0.490 e. The SMILES string of the molecule is CCOc1ccc([C@@H]2C(C(=O)OC)=CN=c3s/c(=C/c4cccc(OCc5ccc(F)cc5)c4)c(=O)n32)cc1OCC. The molecule has 4 aromatic rings. The highest BCUT2D eigenvalue weighted by molar-refractivity contribution is 7.07. The second-order valence-electron chi connectivity index (χ2n) is 9.24. The zero-order valence-corrected chi connectivity index (χ0v) is 24.2. The molecule has 0 saturated carbocycles. The first-order chi connectivity index (χ1) is 20.4. The molecule has 3 aromatic carbocycles. The van der Waals surface area contributed by atoms with Crippen molar-refractivity contribution in [2.45, 2.75) is 26.5 Å². The lowest BCUT2D eigenvalue weighted by atomic mass is 9.97. The fourth-order valence-electron chi connectivity index (χ4n) is 4.58. The van der Waals surface area contributed by atoms with Gasteiger partial charge in [-0.05, 0) is 73.0 Å². The van der Waals surface area contributed by atoms with Gasteiger partial charge in [-0.15, -0.1) is 0 Å². The number of nitrogens with zero attached hydrogens (tertiary/aromatic N) is 2. The van der Waals surface area contributed by atoms with E-state index in [0.29, 0.717) is 45.4 Å². The third-order valence-corrected chi connectivity index (χ3v) is 7.48. The Morgan fingerprint density at radius 2 is 1.76 bits per heavy atom. The Labute approximate surface area is 245 Å². The van der Waals surface area contributed by atoms with Crippen LogP contribution in [0, 0.1) is 5.82 Å². The van der Waals surface area contributed by atoms with Gasteiger partial charge in [0.15, 0.2) is 16.3 Å². The normalized spacial score (nSPS) is 14.4. The Hall–Kier alpha value is -4.70. The van der Waals surface area contributed by atoms with Gasteiger partial charge in [0.2, 0.25) is 0 Å². The summed E-state index contributed by atoms with van der Waals surface area (Å²) in [6.45, 7) is 4.90. The van der Waals surface area contributed by atoms with Gasteiger partial charge in [-0.2, -0.15) is 0 Å². The van der Waals surface area contributed by atoms with Gasteiger partial charge in [-0.25, -0.2) is 14.2 Å². The van der Waals surface area contributed by atoms with Crippen LogP contribution in [0.2, 0.25) is 0 Å². The van der Waals surface area contributed by atoms with E-state index in [2.05, 4.69) is 4.99 Å². The number of thiazole rings is 1. The summed E-state index contributed by atoms with van der Waals surface area (Å²) in [7, 11) is 1.29. The second kappa shape index (κ2) is 12.9. The summed E-state index contributed by atoms with van der Waals surface area (Å²) in [5, 5.41) is 0. The monoisotopic (exact) mass is 588 g/mol. The molecule has 2 heterocycles. The second-order valence-corrected chi connectivity index (χ2v) is 10.2. The maximum absolute atomic E-state index is 13.8. The van der Waals surface area contributed by atoms with Crippen molar-refractivity contribution < 1.29 is 28.1 Å². The van der Waals surface area contributed by atoms with Gasteiger partial charge in [0.1, 0.15) is 18.2 Å². The van der Waals surface area contributed by atoms with Crippen molar-refractivity contribution in [3.05, 3.63) is 121 Å². The van der Waals surface area contributed by atoms with Crippen molar-refractivity contribution in [1.29, 1.82) is 0 Å². The topological polar surface area (TPSA) is 88.4 Å². The molecule has 0 bridgehead atoms. The predicted molar refractivity (Wildman–Crippen MR) is 157 cm³/mol. The zero-order chi connectivity index (χ0) is 29.6. The van der Waals surface area contributed by atoms with E-state index in [0.717, 1.165) is 11.1 Å². The maximum atomic E-state index is 13.8. The molecule has 5 rings (SSSR count). The Kier molecular flexibility index (Phi) is 8.83. The fraction of sp³-hybridized carbons (Fsp3) is 0.219. The number of carbonyl (C=O) groups is 1. The van der Waals surface area contributed by atoms with Crippen LogP contribution in [0.1, 0.15) is 36.6 Å². The van der Waals surface area contributed by atoms with Gasteiger partial charge in [0.05, 0.1) is 36.5 Å². The summed E-state index contributed by atoms with van der Waals surface area (Å²) in [6, 6.07) is 18.0. The number of hydrogen-bond donors (Lipinski definition) is 0. The molecule has 0 N–H and O–H groups in total. The fourth-order valence-corrected chi connectivity index (χ4v) is 5.55. The van der Waals surface area contributed by atoms with Crippen molar-refractivity contribution in [2.75, 3.05) is 20.3 Å². The van der Waals surface area contributed by atoms with E-state index in [-0.39, 0.29) is 23.6 Å². The van der Waals surface area contributed by atoms with Crippen molar-refractivity contribution >= 4 is 23.4 Å². The lowest BCUT2D eigenvalue weighted by molar-refractivity contribution is -0.136. The Balaban J connectivity index is 1.53. The van der Waals surface area contributed by atoms with Crippen molar-refractivity contribution in [1.82, 2.24) is 4.57 Å². The molecule has 0 aliphatic carbocycles. The molecule has 0 saturated heterocycles. The highest BCUT2D eigenvalue weighted by Gasteiger charge is 2.31. The highest BCUT2D eigenvalue weighted by atomic mass is 32.1. The molecule has 0 spiro atoms. The van der Waals surface area contributed by atoms with Crippen LogP contribution in [0.25, 0.3) is 6.08 Å². The Morgan fingerprint density at radius 3 is 2.50 bits per heavy atom. The molecule has 1 aliphatic rings. The summed E-state index contributed by atoms with van der Waals surface area (Å²) in [5.74, 6) is 0.791. The molecule has 1 aromatic heterocycles. The first kappa shape index (κ1) is 28.8. The van der Waals surface area contributed by atoms with Gasteiger partial charge in [0.25, 0.3) is 5.56 Å². The van der Waals surface area contributed by atoms with Crippen LogP contribution in [0.4, 0.5) is 4.39 Å². The van der Waals surface area contributed by atoms with Gasteiger partial charge in [-0.1, -0.05) is 41.7 Å². The quantitative estimate of drug-likeness (QED) is 0.253. The van der Waals surface area contributed by atoms with Crippen LogP contribution in [0.5, 0.6) is 17.2 Å². The van der Waals surface area contributed by atoms with E-state index in [1.54, 1.807) is 36.4 Å². The smallest absolute Gasteiger partial charge is 0.337 e. The van der Waals surface area contributed by atoms with Crippen LogP contribution in [-0.2, 0) is 16.1 Å². The molecule has 1 aliphatic heterocycles. The number of aromatic nitrogens is 1. The standard InChI is InChI=1S/C32H29FN2O6S/c1-4-39-26-14-11-22(17-27(26)40-5-2)29-25(31(37)38-3)18-34-32-35(29)30(36)28(42-32)16-21-7-6-8-24(15-21)41-19-20-9-12-23(33)13-10-20/h6-18,29H,4-5,19H2,1-3H3/b28-16+/t29-/m1/s1. The highest BCUT2D eigenvalue weighted by Crippen LogP contribution is 2.35. The summed E-state index contributed by atoms with van der Waals surface area (Å²) in [4.78, 5) is 31.5. The van der Waals surface area contributed by atoms with Crippen LogP contribution in [0.3, 0.4) is 0 Å². The third kappa shape index (κ3) is 6.13. The van der Waals surface area contributed by atoms with Crippen molar-refractivity contribution in [3.8, 4) is 17.2 Å². The summed E-state index contributed by atoms with van der Waals surface area (Å²) in [5.41, 5.74) is 2.15. The summed E-state index contributed by atoms with van der Waals surface area (Å²) >= 11 is 1.22. The Morgan fingerprint density at radius 1 is 1.00 bits per heavy atom. The minimum atomic E-state index is -0.781. The molecule has 0 amide bonds. The van der Waals surface area contributed by atoms with Gasteiger partial charge in [0, 0.05) is 6.20 Å². The number of hydrogen-bond acceptors (Lipinski definition) is 8. The zero-order valence-electron chi connectivity index (χ0n) is 23.3. The van der Waals surface area contributed by atoms with E-state index in [1.165, 1.54) is 41.3 Å². The molecular formula is C32H29FN2O6S. The number of carbonyl (C=O) groups excluding carboxylic acids is 1. The molecule has 1 atom stereocenters. The van der Waals surface area contributed by atoms with Crippen molar-refractivity contribution in [2.24, 2.45) is 4.99 Å². The number of halogens is 1. The number of fused-ring (bicyclic) bond motifs is 1. The van der Waals surface area contributed by atoms with Gasteiger partial charge in [-0.3, -0.25) is 9.36 Å². The lowest BCUT2D eigenvalue weighted by Crippen LogP contribution is -2.39. The van der Waals surface area contributed by atoms with Gasteiger partial charge < -0.3 is 18.9 Å². The van der Waals surface area contributed by atoms with E-state index < -0.39 is 12.0 Å². The van der Waals surface area contributed by atoms with E-state index in [9.17, 15) is 14.0 Å². The number of esters is 1. The number of rotatable bonds is 10. The maximum Gasteiger partial charge on any atom is 0.337 e. The first-order valence-corrected chi connectivity index (χ1v) is 14.2. The minimum absolute atomic E-state index is 0.222. The van der Waals surface area contributed by atoms with Crippen LogP contribution < -0.4 is 29.1 Å². The molecule has 0 radical (unpaired) electrons. The average Bonchev–Trinajstić information content (AvgIpc) is 3.32. The Bertz CT molecular complexity index is 1810. The summed E-state index contributed by atoms with van der Waals surface area (Å²) < 4.78 is 37.6. The predicted octanol–water partition coefficient (Wildman–Crippen LogP) is 4.53. The third-order valence-electron chi connectivity index (χ3n) is 6.48. The molecule has 216 valence electrons. The van der Waals surface area contributed by atoms with E-state index >= 15 is 0 Å². The van der Waals surface area contributed by atoms with Gasteiger partial charge >= 0.3 is 5.97 Å². The molecule has 42 heavy (non-hydrogen) atoms. The lowest BCUT2D eigenvalue weighted by Gasteiger charge is -2.23. The van der Waals surface area contributed by atoms with Crippen LogP contribution >= 0.6 is 11.3 Å². The van der Waals surface area contributed by atoms with E-state index in [4.69, 9.17) is 18.9 Å². The average molecular weight is 589 g/mol. The largest absolute Gasteiger partial charge is 0.490 e. The molecule has 0 unspecified atom stereocenters. The number of methoxy groups -OCH3 is 1. The van der Waals surface area contributed by atoms with E-state index in [1.807, 2.05) is 38.1 Å². The molecule has 0 fully saturated rings. The molecular weight excluding hydrogens is 559 g/mol. The number of benzene rings is 3.